The third-order valence-electron chi connectivity index (χ3n) is 3.30. The van der Waals surface area contributed by atoms with Crippen molar-refractivity contribution in [2.75, 3.05) is 7.11 Å². The van der Waals surface area contributed by atoms with Gasteiger partial charge in [0.15, 0.2) is 0 Å². The van der Waals surface area contributed by atoms with E-state index >= 15 is 0 Å². The monoisotopic (exact) mass is 282 g/mol. The lowest BCUT2D eigenvalue weighted by atomic mass is 9.95. The first kappa shape index (κ1) is 14.9. The van der Waals surface area contributed by atoms with Gasteiger partial charge in [0.05, 0.1) is 13.5 Å². The summed E-state index contributed by atoms with van der Waals surface area (Å²) in [7, 11) is 1.62. The maximum atomic E-state index is 11.0. The number of carboxylic acid groups (broad SMARTS) is 1. The van der Waals surface area contributed by atoms with E-state index in [4.69, 9.17) is 9.84 Å². The number of hydrogen-bond donors (Lipinski definition) is 1. The Morgan fingerprint density at radius 2 is 2.00 bits per heavy atom. The molecule has 108 valence electrons. The second kappa shape index (κ2) is 6.75. The topological polar surface area (TPSA) is 46.5 Å². The van der Waals surface area contributed by atoms with Gasteiger partial charge in [-0.3, -0.25) is 4.79 Å². The maximum Gasteiger partial charge on any atom is 0.307 e. The minimum absolute atomic E-state index is 0.00621. The number of ether oxygens (including phenoxy) is 1. The molecule has 0 saturated heterocycles. The van der Waals surface area contributed by atoms with Crippen molar-refractivity contribution in [3.8, 4) is 16.9 Å². The predicted molar refractivity (Wildman–Crippen MR) is 83.7 cm³/mol. The predicted octanol–water partition coefficient (Wildman–Crippen LogP) is 3.72. The highest BCUT2D eigenvalue weighted by molar-refractivity contribution is 5.79. The van der Waals surface area contributed by atoms with Crippen LogP contribution in [0.25, 0.3) is 11.1 Å². The molecule has 2 rings (SSSR count). The zero-order valence-electron chi connectivity index (χ0n) is 12.0. The number of carboxylic acids is 1. The van der Waals surface area contributed by atoms with Gasteiger partial charge in [-0.25, -0.2) is 0 Å². The molecule has 2 aromatic carbocycles. The van der Waals surface area contributed by atoms with Gasteiger partial charge in [0.25, 0.3) is 0 Å². The number of rotatable bonds is 6. The van der Waals surface area contributed by atoms with Crippen LogP contribution in [0.3, 0.4) is 0 Å². The van der Waals surface area contributed by atoms with Crippen molar-refractivity contribution in [2.24, 2.45) is 0 Å². The molecule has 0 spiro atoms. The van der Waals surface area contributed by atoms with Gasteiger partial charge in [0.1, 0.15) is 5.75 Å². The molecule has 0 aliphatic rings. The highest BCUT2D eigenvalue weighted by Gasteiger charge is 2.12. The molecule has 0 heterocycles. The molecule has 0 aliphatic carbocycles. The molecule has 3 nitrogen and oxygen atoms in total. The van der Waals surface area contributed by atoms with Gasteiger partial charge in [-0.05, 0) is 29.2 Å². The van der Waals surface area contributed by atoms with Crippen LogP contribution in [0.4, 0.5) is 0 Å². The van der Waals surface area contributed by atoms with Crippen LogP contribution in [0.2, 0.25) is 0 Å². The fraction of sp³-hybridized carbons (Fsp3) is 0.167. The second-order valence-electron chi connectivity index (χ2n) is 4.76. The normalized spacial score (nSPS) is 10.1. The molecule has 0 amide bonds. The highest BCUT2D eigenvalue weighted by Crippen LogP contribution is 2.33. The Balaban J connectivity index is 2.51. The van der Waals surface area contributed by atoms with E-state index in [-0.39, 0.29) is 6.42 Å². The Morgan fingerprint density at radius 3 is 2.67 bits per heavy atom. The van der Waals surface area contributed by atoms with Crippen LogP contribution in [0.15, 0.2) is 55.1 Å². The first-order valence-electron chi connectivity index (χ1n) is 6.73. The van der Waals surface area contributed by atoms with E-state index in [1.54, 1.807) is 7.11 Å². The summed E-state index contributed by atoms with van der Waals surface area (Å²) < 4.78 is 5.46. The summed E-state index contributed by atoms with van der Waals surface area (Å²) in [5.74, 6) is -0.100. The number of aliphatic carboxylic acids is 1. The zero-order chi connectivity index (χ0) is 15.2. The van der Waals surface area contributed by atoms with Crippen molar-refractivity contribution in [1.82, 2.24) is 0 Å². The molecule has 2 aromatic rings. The lowest BCUT2D eigenvalue weighted by Gasteiger charge is -2.13. The van der Waals surface area contributed by atoms with E-state index in [0.29, 0.717) is 0 Å². The molecule has 21 heavy (non-hydrogen) atoms. The van der Waals surface area contributed by atoms with Gasteiger partial charge >= 0.3 is 5.97 Å². The molecule has 0 radical (unpaired) electrons. The molecule has 0 bridgehead atoms. The summed E-state index contributed by atoms with van der Waals surface area (Å²) in [5.41, 5.74) is 3.69. The number of allylic oxidation sites excluding steroid dienone is 1. The van der Waals surface area contributed by atoms with Crippen LogP contribution in [0, 0.1) is 0 Å². The van der Waals surface area contributed by atoms with Crippen molar-refractivity contribution in [1.29, 1.82) is 0 Å². The summed E-state index contributed by atoms with van der Waals surface area (Å²) in [6.45, 7) is 3.73. The van der Waals surface area contributed by atoms with Crippen LogP contribution in [-0.4, -0.2) is 18.2 Å². The molecule has 1 N–H and O–H groups in total. The largest absolute Gasteiger partial charge is 0.496 e. The van der Waals surface area contributed by atoms with Crippen molar-refractivity contribution < 1.29 is 14.6 Å². The third-order valence-corrected chi connectivity index (χ3v) is 3.30. The Hall–Kier alpha value is -2.55. The van der Waals surface area contributed by atoms with E-state index < -0.39 is 5.97 Å². The van der Waals surface area contributed by atoms with E-state index in [1.807, 2.05) is 48.5 Å². The molecule has 0 atom stereocenters. The summed E-state index contributed by atoms with van der Waals surface area (Å²) in [5, 5.41) is 9.04. The minimum atomic E-state index is -0.843. The van der Waals surface area contributed by atoms with E-state index in [1.165, 1.54) is 0 Å². The van der Waals surface area contributed by atoms with Gasteiger partial charge in [-0.2, -0.15) is 0 Å². The average Bonchev–Trinajstić information content (AvgIpc) is 2.48. The smallest absolute Gasteiger partial charge is 0.307 e. The van der Waals surface area contributed by atoms with E-state index in [0.717, 1.165) is 34.4 Å². The molecule has 3 heteroatoms. The molecule has 0 saturated carbocycles. The van der Waals surface area contributed by atoms with Gasteiger partial charge in [0, 0.05) is 5.56 Å². The van der Waals surface area contributed by atoms with Gasteiger partial charge in [-0.1, -0.05) is 42.5 Å². The minimum Gasteiger partial charge on any atom is -0.496 e. The third kappa shape index (κ3) is 3.51. The van der Waals surface area contributed by atoms with Crippen LogP contribution in [0.1, 0.15) is 11.1 Å². The Morgan fingerprint density at radius 1 is 1.24 bits per heavy atom. The molecule has 0 unspecified atom stereocenters. The van der Waals surface area contributed by atoms with Gasteiger partial charge in [-0.15, -0.1) is 6.58 Å². The Kier molecular flexibility index (Phi) is 4.77. The first-order valence-corrected chi connectivity index (χ1v) is 6.73. The highest BCUT2D eigenvalue weighted by atomic mass is 16.5. The van der Waals surface area contributed by atoms with Crippen molar-refractivity contribution in [3.05, 3.63) is 66.2 Å². The molecular formula is C18H18O3. The van der Waals surface area contributed by atoms with Gasteiger partial charge < -0.3 is 9.84 Å². The summed E-state index contributed by atoms with van der Waals surface area (Å²) in [4.78, 5) is 11.0. The average molecular weight is 282 g/mol. The number of benzene rings is 2. The van der Waals surface area contributed by atoms with Gasteiger partial charge in [0.2, 0.25) is 0 Å². The SMILES string of the molecule is C=CCc1ccc(-c2ccccc2CC(=O)O)c(OC)c1. The summed E-state index contributed by atoms with van der Waals surface area (Å²) in [6.07, 6.45) is 2.61. The van der Waals surface area contributed by atoms with Crippen molar-refractivity contribution >= 4 is 5.97 Å². The standard InChI is InChI=1S/C18H18O3/c1-3-6-13-9-10-16(17(11-13)21-2)15-8-5-4-7-14(15)12-18(19)20/h3-5,7-11H,1,6,12H2,2H3,(H,19,20). The van der Waals surface area contributed by atoms with Crippen LogP contribution in [-0.2, 0) is 17.6 Å². The van der Waals surface area contributed by atoms with Crippen LogP contribution in [0.5, 0.6) is 5.75 Å². The van der Waals surface area contributed by atoms with Crippen molar-refractivity contribution in [2.45, 2.75) is 12.8 Å². The molecule has 0 aromatic heterocycles. The number of carbonyl (C=O) groups is 1. The zero-order valence-corrected chi connectivity index (χ0v) is 12.0. The second-order valence-corrected chi connectivity index (χ2v) is 4.76. The maximum absolute atomic E-state index is 11.0. The number of hydrogen-bond acceptors (Lipinski definition) is 2. The van der Waals surface area contributed by atoms with E-state index in [2.05, 4.69) is 6.58 Å². The van der Waals surface area contributed by atoms with Crippen LogP contribution >= 0.6 is 0 Å². The molecular weight excluding hydrogens is 264 g/mol. The number of methoxy groups -OCH3 is 1. The fourth-order valence-electron chi connectivity index (χ4n) is 2.35. The van der Waals surface area contributed by atoms with Crippen molar-refractivity contribution in [3.63, 3.8) is 0 Å². The summed E-state index contributed by atoms with van der Waals surface area (Å²) in [6, 6.07) is 13.5. The Labute approximate surface area is 124 Å². The lowest BCUT2D eigenvalue weighted by molar-refractivity contribution is -0.136. The quantitative estimate of drug-likeness (QED) is 0.821. The fourth-order valence-corrected chi connectivity index (χ4v) is 2.35. The molecule has 0 aliphatic heterocycles. The summed E-state index contributed by atoms with van der Waals surface area (Å²) >= 11 is 0. The van der Waals surface area contributed by atoms with E-state index in [9.17, 15) is 4.79 Å². The van der Waals surface area contributed by atoms with Crippen LogP contribution < -0.4 is 4.74 Å². The molecule has 0 fully saturated rings. The Bertz CT molecular complexity index is 659. The first-order chi connectivity index (χ1) is 10.2. The lowest BCUT2D eigenvalue weighted by Crippen LogP contribution is -2.02.